The fourth-order valence-corrected chi connectivity index (χ4v) is 3.98. The van der Waals surface area contributed by atoms with Crippen molar-refractivity contribution in [1.29, 1.82) is 0 Å². The van der Waals surface area contributed by atoms with Gasteiger partial charge in [-0.2, -0.15) is 0 Å². The van der Waals surface area contributed by atoms with Crippen LogP contribution in [0, 0.1) is 5.92 Å². The van der Waals surface area contributed by atoms with E-state index in [0.29, 0.717) is 18.9 Å². The number of aliphatic imine (C=N–C) groups is 1. The van der Waals surface area contributed by atoms with Crippen molar-refractivity contribution in [2.24, 2.45) is 16.6 Å². The zero-order chi connectivity index (χ0) is 19.1. The number of likely N-dealkylation sites (tertiary alicyclic amines) is 1. The largest absolute Gasteiger partial charge is 0.370 e. The topological polar surface area (TPSA) is 86.8 Å². The van der Waals surface area contributed by atoms with E-state index in [0.717, 1.165) is 57.3 Å². The summed E-state index contributed by atoms with van der Waals surface area (Å²) in [6, 6.07) is 4.20. The number of aromatic nitrogens is 1. The molecule has 2 aliphatic rings. The summed E-state index contributed by atoms with van der Waals surface area (Å²) in [7, 11) is 0. The van der Waals surface area contributed by atoms with Gasteiger partial charge in [0.05, 0.1) is 6.54 Å². The molecule has 2 aliphatic heterocycles. The summed E-state index contributed by atoms with van der Waals surface area (Å²) in [4.78, 5) is 25.3. The number of nitrogens with one attached hydrogen (secondary N) is 1. The number of amides is 1. The molecular formula is C20H32N6O. The van der Waals surface area contributed by atoms with Gasteiger partial charge in [0.25, 0.3) is 0 Å². The Kier molecular flexibility index (Phi) is 6.90. The molecule has 1 aromatic rings. The van der Waals surface area contributed by atoms with E-state index in [1.165, 1.54) is 18.4 Å². The minimum atomic E-state index is -0.213. The molecule has 0 aromatic carbocycles. The van der Waals surface area contributed by atoms with Crippen LogP contribution >= 0.6 is 0 Å². The van der Waals surface area contributed by atoms with Crippen LogP contribution in [0.3, 0.4) is 0 Å². The smallest absolute Gasteiger partial charge is 0.217 e. The first kappa shape index (κ1) is 19.5. The lowest BCUT2D eigenvalue weighted by Crippen LogP contribution is -2.47. The lowest BCUT2D eigenvalue weighted by molar-refractivity contribution is -0.119. The Morgan fingerprint density at radius 1 is 1.33 bits per heavy atom. The van der Waals surface area contributed by atoms with Crippen LogP contribution < -0.4 is 16.0 Å². The monoisotopic (exact) mass is 372 g/mol. The Morgan fingerprint density at radius 3 is 2.89 bits per heavy atom. The van der Waals surface area contributed by atoms with Gasteiger partial charge in [-0.25, -0.2) is 9.98 Å². The first-order valence-electron chi connectivity index (χ1n) is 10.2. The Hall–Kier alpha value is -2.31. The normalized spacial score (nSPS) is 20.8. The fraction of sp³-hybridized carbons (Fsp3) is 0.650. The molecular weight excluding hydrogens is 340 g/mol. The van der Waals surface area contributed by atoms with Gasteiger partial charge in [0.1, 0.15) is 5.82 Å². The number of nitrogens with zero attached hydrogens (tertiary/aromatic N) is 4. The van der Waals surface area contributed by atoms with Crippen LogP contribution in [0.5, 0.6) is 0 Å². The van der Waals surface area contributed by atoms with Crippen LogP contribution in [0.1, 0.15) is 44.6 Å². The number of primary amides is 1. The van der Waals surface area contributed by atoms with E-state index in [1.54, 1.807) is 0 Å². The summed E-state index contributed by atoms with van der Waals surface area (Å²) >= 11 is 0. The van der Waals surface area contributed by atoms with Gasteiger partial charge in [-0.05, 0) is 56.2 Å². The molecule has 2 fully saturated rings. The molecule has 0 bridgehead atoms. The van der Waals surface area contributed by atoms with Crippen LogP contribution in [0.4, 0.5) is 5.82 Å². The second-order valence-electron chi connectivity index (χ2n) is 7.51. The molecule has 7 heteroatoms. The third kappa shape index (κ3) is 5.58. The minimum absolute atomic E-state index is 0.213. The average molecular weight is 373 g/mol. The van der Waals surface area contributed by atoms with Crippen molar-refractivity contribution in [3.8, 4) is 0 Å². The maximum absolute atomic E-state index is 11.3. The van der Waals surface area contributed by atoms with Crippen molar-refractivity contribution in [3.05, 3.63) is 23.9 Å². The Morgan fingerprint density at radius 2 is 2.15 bits per heavy atom. The number of hydrogen-bond donors (Lipinski definition) is 2. The van der Waals surface area contributed by atoms with Crippen molar-refractivity contribution in [2.75, 3.05) is 37.6 Å². The second-order valence-corrected chi connectivity index (χ2v) is 7.51. The molecule has 3 heterocycles. The van der Waals surface area contributed by atoms with E-state index in [-0.39, 0.29) is 5.91 Å². The predicted molar refractivity (Wildman–Crippen MR) is 109 cm³/mol. The first-order chi connectivity index (χ1) is 13.2. The molecule has 0 aliphatic carbocycles. The van der Waals surface area contributed by atoms with E-state index >= 15 is 0 Å². The number of hydrogen-bond acceptors (Lipinski definition) is 4. The number of pyridine rings is 1. The predicted octanol–water partition coefficient (Wildman–Crippen LogP) is 1.73. The summed E-state index contributed by atoms with van der Waals surface area (Å²) in [5.74, 6) is 2.09. The molecule has 1 aromatic heterocycles. The number of carbonyl (C=O) groups is 1. The third-order valence-corrected chi connectivity index (χ3v) is 5.29. The van der Waals surface area contributed by atoms with Crippen molar-refractivity contribution in [2.45, 2.75) is 45.6 Å². The lowest BCUT2D eigenvalue weighted by atomic mass is 9.95. The van der Waals surface area contributed by atoms with E-state index in [4.69, 9.17) is 10.7 Å². The number of anilines is 1. The standard InChI is InChI=1S/C20H32N6O/c1-2-22-20(26-11-5-6-17(15-26)12-18(21)27)24-14-16-7-8-23-19(13-16)25-9-3-4-10-25/h7-8,13,17H,2-6,9-12,14-15H2,1H3,(H2,21,27)(H,22,24). The molecule has 3 rings (SSSR count). The highest BCUT2D eigenvalue weighted by Gasteiger charge is 2.23. The molecule has 1 amide bonds. The van der Waals surface area contributed by atoms with Gasteiger partial charge in [-0.15, -0.1) is 0 Å². The highest BCUT2D eigenvalue weighted by molar-refractivity contribution is 5.80. The molecule has 7 nitrogen and oxygen atoms in total. The van der Waals surface area contributed by atoms with E-state index < -0.39 is 0 Å². The fourth-order valence-electron chi connectivity index (χ4n) is 3.98. The lowest BCUT2D eigenvalue weighted by Gasteiger charge is -2.34. The number of carbonyl (C=O) groups excluding carboxylic acids is 1. The van der Waals surface area contributed by atoms with E-state index in [9.17, 15) is 4.79 Å². The Bertz CT molecular complexity index is 656. The summed E-state index contributed by atoms with van der Waals surface area (Å²) in [6.45, 7) is 7.53. The average Bonchev–Trinajstić information content (AvgIpc) is 3.20. The highest BCUT2D eigenvalue weighted by Crippen LogP contribution is 2.21. The molecule has 0 saturated carbocycles. The van der Waals surface area contributed by atoms with Gasteiger partial charge in [0, 0.05) is 45.3 Å². The van der Waals surface area contributed by atoms with Crippen molar-refractivity contribution >= 4 is 17.7 Å². The zero-order valence-corrected chi connectivity index (χ0v) is 16.4. The van der Waals surface area contributed by atoms with E-state index in [2.05, 4.69) is 33.1 Å². The van der Waals surface area contributed by atoms with Gasteiger partial charge < -0.3 is 20.9 Å². The van der Waals surface area contributed by atoms with Gasteiger partial charge in [0.15, 0.2) is 5.96 Å². The molecule has 27 heavy (non-hydrogen) atoms. The van der Waals surface area contributed by atoms with Gasteiger partial charge >= 0.3 is 0 Å². The molecule has 1 atom stereocenters. The molecule has 3 N–H and O–H groups in total. The van der Waals surface area contributed by atoms with Crippen LogP contribution in [-0.4, -0.2) is 54.5 Å². The SMILES string of the molecule is CCNC(=NCc1ccnc(N2CCCC2)c1)N1CCCC(CC(N)=O)C1. The third-order valence-electron chi connectivity index (χ3n) is 5.29. The first-order valence-corrected chi connectivity index (χ1v) is 10.2. The highest BCUT2D eigenvalue weighted by atomic mass is 16.1. The van der Waals surface area contributed by atoms with Gasteiger partial charge in [0.2, 0.25) is 5.91 Å². The quantitative estimate of drug-likeness (QED) is 0.587. The molecule has 0 radical (unpaired) electrons. The van der Waals surface area contributed by atoms with Crippen molar-refractivity contribution in [1.82, 2.24) is 15.2 Å². The number of guanidine groups is 1. The second kappa shape index (κ2) is 9.58. The Balaban J connectivity index is 1.66. The maximum atomic E-state index is 11.3. The molecule has 2 saturated heterocycles. The van der Waals surface area contributed by atoms with Crippen molar-refractivity contribution in [3.63, 3.8) is 0 Å². The zero-order valence-electron chi connectivity index (χ0n) is 16.4. The van der Waals surface area contributed by atoms with Gasteiger partial charge in [-0.1, -0.05) is 0 Å². The van der Waals surface area contributed by atoms with Crippen LogP contribution in [0.15, 0.2) is 23.3 Å². The molecule has 148 valence electrons. The van der Waals surface area contributed by atoms with Crippen LogP contribution in [0.25, 0.3) is 0 Å². The Labute approximate surface area is 162 Å². The van der Waals surface area contributed by atoms with Crippen LogP contribution in [0.2, 0.25) is 0 Å². The van der Waals surface area contributed by atoms with E-state index in [1.807, 2.05) is 12.3 Å². The molecule has 1 unspecified atom stereocenters. The number of rotatable bonds is 6. The minimum Gasteiger partial charge on any atom is -0.370 e. The summed E-state index contributed by atoms with van der Waals surface area (Å²) in [6.07, 6.45) is 6.96. The molecule has 0 spiro atoms. The summed E-state index contributed by atoms with van der Waals surface area (Å²) in [5, 5.41) is 3.40. The van der Waals surface area contributed by atoms with Crippen molar-refractivity contribution < 1.29 is 4.79 Å². The van der Waals surface area contributed by atoms with Crippen LogP contribution in [-0.2, 0) is 11.3 Å². The maximum Gasteiger partial charge on any atom is 0.217 e. The van der Waals surface area contributed by atoms with Gasteiger partial charge in [-0.3, -0.25) is 4.79 Å². The number of piperidine rings is 1. The summed E-state index contributed by atoms with van der Waals surface area (Å²) < 4.78 is 0. The number of nitrogens with two attached hydrogens (primary N) is 1. The summed E-state index contributed by atoms with van der Waals surface area (Å²) in [5.41, 5.74) is 6.56.